The molecule has 1 fully saturated rings. The number of amides is 1. The topological polar surface area (TPSA) is 86.3 Å². The van der Waals surface area contributed by atoms with Crippen LogP contribution in [0.15, 0.2) is 36.5 Å². The molecule has 0 aliphatic carbocycles. The summed E-state index contributed by atoms with van der Waals surface area (Å²) in [5.74, 6) is -1.42. The van der Waals surface area contributed by atoms with Gasteiger partial charge in [-0.1, -0.05) is 30.3 Å². The van der Waals surface area contributed by atoms with E-state index in [0.717, 1.165) is 11.3 Å². The molecule has 1 atom stereocenters. The molecule has 3 rings (SSSR count). The molecule has 1 aromatic carbocycles. The molecule has 1 unspecified atom stereocenters. The zero-order valence-corrected chi connectivity index (χ0v) is 10.6. The minimum Gasteiger partial charge on any atom is -0.481 e. The molecule has 102 valence electrons. The van der Waals surface area contributed by atoms with Gasteiger partial charge in [-0.05, 0) is 5.56 Å². The number of nitrogens with zero attached hydrogens (tertiary/aromatic N) is 2. The zero-order chi connectivity index (χ0) is 14.1. The van der Waals surface area contributed by atoms with Crippen molar-refractivity contribution in [3.05, 3.63) is 36.5 Å². The van der Waals surface area contributed by atoms with Crippen LogP contribution in [0, 0.1) is 5.92 Å². The lowest BCUT2D eigenvalue weighted by Crippen LogP contribution is -2.26. The van der Waals surface area contributed by atoms with Crippen LogP contribution in [0.1, 0.15) is 6.42 Å². The molecule has 6 heteroatoms. The van der Waals surface area contributed by atoms with E-state index in [4.69, 9.17) is 5.11 Å². The number of aliphatic carboxylic acids is 1. The first-order valence-electron chi connectivity index (χ1n) is 6.29. The van der Waals surface area contributed by atoms with Gasteiger partial charge in [0, 0.05) is 13.0 Å². The van der Waals surface area contributed by atoms with Crippen molar-refractivity contribution in [1.82, 2.24) is 9.97 Å². The van der Waals surface area contributed by atoms with Crippen molar-refractivity contribution in [2.24, 2.45) is 5.92 Å². The van der Waals surface area contributed by atoms with Crippen molar-refractivity contribution >= 4 is 17.8 Å². The third-order valence-corrected chi connectivity index (χ3v) is 3.38. The van der Waals surface area contributed by atoms with E-state index in [1.807, 2.05) is 30.3 Å². The van der Waals surface area contributed by atoms with Crippen LogP contribution in [0.25, 0.3) is 11.3 Å². The fourth-order valence-corrected chi connectivity index (χ4v) is 2.29. The summed E-state index contributed by atoms with van der Waals surface area (Å²) in [5.41, 5.74) is 1.76. The Bertz CT molecular complexity index is 651. The standard InChI is InChI=1S/C14H13N3O3/c18-12-6-10(13(19)20)8-17(12)14-15-7-11(16-14)9-4-2-1-3-5-9/h1-5,7,10H,6,8H2,(H,15,16)(H,19,20). The van der Waals surface area contributed by atoms with Crippen molar-refractivity contribution in [3.63, 3.8) is 0 Å². The summed E-state index contributed by atoms with van der Waals surface area (Å²) in [4.78, 5) is 31.4. The van der Waals surface area contributed by atoms with Gasteiger partial charge in [0.05, 0.1) is 17.8 Å². The number of carboxylic acid groups (broad SMARTS) is 1. The van der Waals surface area contributed by atoms with Crippen LogP contribution in [-0.4, -0.2) is 33.5 Å². The number of hydrogen-bond donors (Lipinski definition) is 2. The number of anilines is 1. The lowest BCUT2D eigenvalue weighted by atomic mass is 10.1. The minimum absolute atomic E-state index is 0.0245. The van der Waals surface area contributed by atoms with E-state index in [9.17, 15) is 9.59 Å². The Morgan fingerprint density at radius 2 is 2.10 bits per heavy atom. The number of carboxylic acids is 1. The predicted molar refractivity (Wildman–Crippen MR) is 72.1 cm³/mol. The number of hydrogen-bond acceptors (Lipinski definition) is 3. The summed E-state index contributed by atoms with van der Waals surface area (Å²) in [5, 5.41) is 8.97. The molecular weight excluding hydrogens is 258 g/mol. The number of carbonyl (C=O) groups is 2. The van der Waals surface area contributed by atoms with Crippen molar-refractivity contribution in [2.75, 3.05) is 11.4 Å². The van der Waals surface area contributed by atoms with Crippen LogP contribution in [0.4, 0.5) is 5.95 Å². The molecule has 1 aliphatic rings. The fraction of sp³-hybridized carbons (Fsp3) is 0.214. The highest BCUT2D eigenvalue weighted by Crippen LogP contribution is 2.25. The molecule has 1 amide bonds. The summed E-state index contributed by atoms with van der Waals surface area (Å²) < 4.78 is 0. The van der Waals surface area contributed by atoms with Crippen LogP contribution in [-0.2, 0) is 9.59 Å². The van der Waals surface area contributed by atoms with Gasteiger partial charge < -0.3 is 10.1 Å². The Hall–Kier alpha value is -2.63. The first kappa shape index (κ1) is 12.4. The molecule has 0 spiro atoms. The van der Waals surface area contributed by atoms with Gasteiger partial charge in [0.15, 0.2) is 0 Å². The van der Waals surface area contributed by atoms with E-state index in [1.54, 1.807) is 6.20 Å². The Morgan fingerprint density at radius 3 is 2.75 bits per heavy atom. The van der Waals surface area contributed by atoms with Crippen molar-refractivity contribution < 1.29 is 14.7 Å². The van der Waals surface area contributed by atoms with Crippen LogP contribution in [0.2, 0.25) is 0 Å². The Kier molecular flexibility index (Phi) is 2.98. The number of H-pyrrole nitrogens is 1. The number of aromatic nitrogens is 2. The number of benzene rings is 1. The summed E-state index contributed by atoms with van der Waals surface area (Å²) >= 11 is 0. The highest BCUT2D eigenvalue weighted by atomic mass is 16.4. The summed E-state index contributed by atoms with van der Waals surface area (Å²) in [6, 6.07) is 9.61. The lowest BCUT2D eigenvalue weighted by Gasteiger charge is -2.11. The number of rotatable bonds is 3. The molecule has 2 N–H and O–H groups in total. The van der Waals surface area contributed by atoms with Crippen LogP contribution >= 0.6 is 0 Å². The van der Waals surface area contributed by atoms with E-state index in [1.165, 1.54) is 4.90 Å². The maximum absolute atomic E-state index is 11.8. The van der Waals surface area contributed by atoms with E-state index in [-0.39, 0.29) is 18.9 Å². The predicted octanol–water partition coefficient (Wildman–Crippen LogP) is 1.51. The zero-order valence-electron chi connectivity index (χ0n) is 10.6. The van der Waals surface area contributed by atoms with Gasteiger partial charge in [-0.25, -0.2) is 4.98 Å². The summed E-state index contributed by atoms with van der Waals surface area (Å²) in [7, 11) is 0. The Morgan fingerprint density at radius 1 is 1.35 bits per heavy atom. The summed E-state index contributed by atoms with van der Waals surface area (Å²) in [6.45, 7) is 0.163. The molecule has 0 saturated carbocycles. The minimum atomic E-state index is -0.948. The smallest absolute Gasteiger partial charge is 0.308 e. The number of aromatic amines is 1. The number of carbonyl (C=O) groups excluding carboxylic acids is 1. The molecule has 6 nitrogen and oxygen atoms in total. The van der Waals surface area contributed by atoms with Gasteiger partial charge >= 0.3 is 5.97 Å². The van der Waals surface area contributed by atoms with Gasteiger partial charge in [-0.15, -0.1) is 0 Å². The van der Waals surface area contributed by atoms with Gasteiger partial charge in [0.2, 0.25) is 11.9 Å². The van der Waals surface area contributed by atoms with E-state index >= 15 is 0 Å². The van der Waals surface area contributed by atoms with E-state index < -0.39 is 11.9 Å². The first-order chi connectivity index (χ1) is 9.65. The highest BCUT2D eigenvalue weighted by Gasteiger charge is 2.36. The molecule has 1 saturated heterocycles. The quantitative estimate of drug-likeness (QED) is 0.886. The van der Waals surface area contributed by atoms with Crippen LogP contribution in [0.3, 0.4) is 0 Å². The lowest BCUT2D eigenvalue weighted by molar-refractivity contribution is -0.141. The maximum atomic E-state index is 11.8. The third-order valence-electron chi connectivity index (χ3n) is 3.38. The monoisotopic (exact) mass is 271 g/mol. The van der Waals surface area contributed by atoms with Gasteiger partial charge in [-0.3, -0.25) is 14.5 Å². The van der Waals surface area contributed by atoms with E-state index in [0.29, 0.717) is 5.95 Å². The normalized spacial score (nSPS) is 18.5. The molecular formula is C14H13N3O3. The number of nitrogens with one attached hydrogen (secondary N) is 1. The summed E-state index contributed by atoms with van der Waals surface area (Å²) in [6.07, 6.45) is 1.67. The van der Waals surface area contributed by atoms with Crippen LogP contribution in [0.5, 0.6) is 0 Å². The van der Waals surface area contributed by atoms with Crippen molar-refractivity contribution in [1.29, 1.82) is 0 Å². The van der Waals surface area contributed by atoms with Crippen LogP contribution < -0.4 is 4.90 Å². The maximum Gasteiger partial charge on any atom is 0.308 e. The molecule has 20 heavy (non-hydrogen) atoms. The average Bonchev–Trinajstić information content (AvgIpc) is 3.06. The average molecular weight is 271 g/mol. The van der Waals surface area contributed by atoms with Gasteiger partial charge in [0.25, 0.3) is 0 Å². The molecule has 1 aromatic heterocycles. The van der Waals surface area contributed by atoms with Gasteiger partial charge in [-0.2, -0.15) is 0 Å². The second kappa shape index (κ2) is 4.80. The SMILES string of the molecule is O=C(O)C1CC(=O)N(c2ncc(-c3ccccc3)[nH]2)C1. The van der Waals surface area contributed by atoms with E-state index in [2.05, 4.69) is 9.97 Å². The third kappa shape index (κ3) is 2.16. The number of imidazole rings is 1. The molecule has 2 aromatic rings. The fourth-order valence-electron chi connectivity index (χ4n) is 2.29. The molecule has 0 bridgehead atoms. The van der Waals surface area contributed by atoms with Gasteiger partial charge in [0.1, 0.15) is 0 Å². The van der Waals surface area contributed by atoms with Crippen molar-refractivity contribution in [2.45, 2.75) is 6.42 Å². The second-order valence-electron chi connectivity index (χ2n) is 4.73. The Balaban J connectivity index is 1.84. The Labute approximate surface area is 115 Å². The largest absolute Gasteiger partial charge is 0.481 e. The van der Waals surface area contributed by atoms with Crippen molar-refractivity contribution in [3.8, 4) is 11.3 Å². The molecule has 1 aliphatic heterocycles. The molecule has 0 radical (unpaired) electrons. The highest BCUT2D eigenvalue weighted by molar-refractivity contribution is 5.98. The molecule has 2 heterocycles. The second-order valence-corrected chi connectivity index (χ2v) is 4.73. The first-order valence-corrected chi connectivity index (χ1v) is 6.29.